The SMILES string of the molecule is [N-]=[N+]=NCCOCCOCCC(=O)NCC(O)CO. The summed E-state index contributed by atoms with van der Waals surface area (Å²) in [7, 11) is 0. The maximum Gasteiger partial charge on any atom is 0.222 e. The van der Waals surface area contributed by atoms with Gasteiger partial charge in [-0.05, 0) is 5.53 Å². The van der Waals surface area contributed by atoms with Gasteiger partial charge in [-0.15, -0.1) is 0 Å². The molecule has 0 aliphatic carbocycles. The third kappa shape index (κ3) is 12.9. The zero-order valence-electron chi connectivity index (χ0n) is 10.7. The molecule has 0 aromatic heterocycles. The first-order valence-electron chi connectivity index (χ1n) is 5.92. The zero-order chi connectivity index (χ0) is 14.3. The van der Waals surface area contributed by atoms with E-state index in [4.69, 9.17) is 25.2 Å². The van der Waals surface area contributed by atoms with Crippen LogP contribution in [0.2, 0.25) is 0 Å². The monoisotopic (exact) mass is 276 g/mol. The van der Waals surface area contributed by atoms with Crippen LogP contribution in [0.3, 0.4) is 0 Å². The van der Waals surface area contributed by atoms with Crippen LogP contribution >= 0.6 is 0 Å². The zero-order valence-corrected chi connectivity index (χ0v) is 10.7. The number of rotatable bonds is 12. The van der Waals surface area contributed by atoms with Crippen molar-refractivity contribution in [3.63, 3.8) is 0 Å². The minimum atomic E-state index is -0.936. The number of aliphatic hydroxyl groups excluding tert-OH is 2. The van der Waals surface area contributed by atoms with E-state index in [2.05, 4.69) is 15.3 Å². The molecule has 9 heteroatoms. The molecule has 0 saturated carbocycles. The van der Waals surface area contributed by atoms with Crippen LogP contribution in [-0.2, 0) is 14.3 Å². The van der Waals surface area contributed by atoms with Gasteiger partial charge < -0.3 is 25.0 Å². The third-order valence-electron chi connectivity index (χ3n) is 1.99. The lowest BCUT2D eigenvalue weighted by Gasteiger charge is -2.09. The van der Waals surface area contributed by atoms with E-state index in [1.54, 1.807) is 0 Å². The summed E-state index contributed by atoms with van der Waals surface area (Å²) in [6, 6.07) is 0. The van der Waals surface area contributed by atoms with Gasteiger partial charge in [0.25, 0.3) is 0 Å². The van der Waals surface area contributed by atoms with Crippen LogP contribution in [0.15, 0.2) is 5.11 Å². The average molecular weight is 276 g/mol. The molecule has 0 aromatic rings. The topological polar surface area (TPSA) is 137 Å². The summed E-state index contributed by atoms with van der Waals surface area (Å²) in [5.41, 5.74) is 8.00. The Morgan fingerprint density at radius 3 is 2.63 bits per heavy atom. The molecule has 0 aliphatic rings. The molecule has 19 heavy (non-hydrogen) atoms. The van der Waals surface area contributed by atoms with Crippen LogP contribution < -0.4 is 5.32 Å². The second-order valence-corrected chi connectivity index (χ2v) is 3.57. The van der Waals surface area contributed by atoms with Gasteiger partial charge in [0.05, 0.1) is 39.1 Å². The molecular weight excluding hydrogens is 256 g/mol. The highest BCUT2D eigenvalue weighted by molar-refractivity contribution is 5.75. The van der Waals surface area contributed by atoms with Crippen LogP contribution in [0.4, 0.5) is 0 Å². The number of nitrogens with one attached hydrogen (secondary N) is 1. The number of carbonyl (C=O) groups excluding carboxylic acids is 1. The molecule has 0 saturated heterocycles. The Hall–Kier alpha value is -1.38. The van der Waals surface area contributed by atoms with Crippen molar-refractivity contribution in [3.8, 4) is 0 Å². The fraction of sp³-hybridized carbons (Fsp3) is 0.900. The second-order valence-electron chi connectivity index (χ2n) is 3.57. The molecule has 0 aromatic carbocycles. The van der Waals surface area contributed by atoms with Crippen molar-refractivity contribution in [3.05, 3.63) is 10.4 Å². The molecule has 1 unspecified atom stereocenters. The minimum absolute atomic E-state index is 0.0256. The van der Waals surface area contributed by atoms with E-state index in [1.165, 1.54) is 0 Å². The average Bonchev–Trinajstić information content (AvgIpc) is 2.42. The van der Waals surface area contributed by atoms with E-state index < -0.39 is 6.10 Å². The van der Waals surface area contributed by atoms with E-state index in [0.29, 0.717) is 19.8 Å². The van der Waals surface area contributed by atoms with Crippen molar-refractivity contribution in [2.24, 2.45) is 5.11 Å². The Morgan fingerprint density at radius 2 is 2.00 bits per heavy atom. The molecule has 3 N–H and O–H groups in total. The van der Waals surface area contributed by atoms with Crippen LogP contribution in [0, 0.1) is 0 Å². The van der Waals surface area contributed by atoms with E-state index in [0.717, 1.165) is 0 Å². The normalized spacial score (nSPS) is 11.7. The molecule has 1 amide bonds. The molecule has 0 fully saturated rings. The number of hydrogen-bond acceptors (Lipinski definition) is 6. The number of carbonyl (C=O) groups is 1. The number of hydrogen-bond donors (Lipinski definition) is 3. The number of ether oxygens (including phenoxy) is 2. The molecule has 0 bridgehead atoms. The summed E-state index contributed by atoms with van der Waals surface area (Å²) in [6.07, 6.45) is -0.758. The summed E-state index contributed by atoms with van der Waals surface area (Å²) in [6.45, 7) is 1.23. The lowest BCUT2D eigenvalue weighted by atomic mass is 10.3. The molecule has 0 aliphatic heterocycles. The second kappa shape index (κ2) is 13.1. The highest BCUT2D eigenvalue weighted by Gasteiger charge is 2.05. The van der Waals surface area contributed by atoms with Crippen LogP contribution in [-0.4, -0.2) is 68.3 Å². The van der Waals surface area contributed by atoms with Gasteiger partial charge >= 0.3 is 0 Å². The number of nitrogens with zero attached hydrogens (tertiary/aromatic N) is 3. The van der Waals surface area contributed by atoms with Crippen molar-refractivity contribution >= 4 is 5.91 Å². The van der Waals surface area contributed by atoms with E-state index in [-0.39, 0.29) is 38.6 Å². The van der Waals surface area contributed by atoms with Crippen molar-refractivity contribution in [1.82, 2.24) is 5.32 Å². The van der Waals surface area contributed by atoms with Gasteiger partial charge in [-0.1, -0.05) is 5.11 Å². The van der Waals surface area contributed by atoms with Crippen molar-refractivity contribution < 1.29 is 24.5 Å². The molecule has 0 heterocycles. The number of amides is 1. The summed E-state index contributed by atoms with van der Waals surface area (Å²) >= 11 is 0. The Morgan fingerprint density at radius 1 is 1.32 bits per heavy atom. The Bertz CT molecular complexity index is 283. The lowest BCUT2D eigenvalue weighted by Crippen LogP contribution is -2.34. The van der Waals surface area contributed by atoms with E-state index in [1.807, 2.05) is 0 Å². The Labute approximate surface area is 111 Å². The van der Waals surface area contributed by atoms with E-state index in [9.17, 15) is 4.79 Å². The van der Waals surface area contributed by atoms with Gasteiger partial charge in [-0.3, -0.25) is 4.79 Å². The van der Waals surface area contributed by atoms with Crippen LogP contribution in [0.5, 0.6) is 0 Å². The molecule has 0 rings (SSSR count). The van der Waals surface area contributed by atoms with Crippen molar-refractivity contribution in [1.29, 1.82) is 0 Å². The summed E-state index contributed by atoms with van der Waals surface area (Å²) in [5.74, 6) is -0.253. The van der Waals surface area contributed by atoms with Crippen LogP contribution in [0.25, 0.3) is 10.4 Å². The maximum absolute atomic E-state index is 11.2. The fourth-order valence-electron chi connectivity index (χ4n) is 1.02. The van der Waals surface area contributed by atoms with Gasteiger partial charge in [0, 0.05) is 24.4 Å². The minimum Gasteiger partial charge on any atom is -0.394 e. The predicted molar refractivity (Wildman–Crippen MR) is 66.4 cm³/mol. The Kier molecular flexibility index (Phi) is 12.1. The van der Waals surface area contributed by atoms with Crippen molar-refractivity contribution in [2.45, 2.75) is 12.5 Å². The molecular formula is C10H20N4O5. The summed E-state index contributed by atoms with van der Waals surface area (Å²) in [4.78, 5) is 13.8. The first-order valence-corrected chi connectivity index (χ1v) is 5.92. The molecule has 1 atom stereocenters. The van der Waals surface area contributed by atoms with Gasteiger partial charge in [0.15, 0.2) is 0 Å². The van der Waals surface area contributed by atoms with E-state index >= 15 is 0 Å². The summed E-state index contributed by atoms with van der Waals surface area (Å²) < 4.78 is 10.2. The standard InChI is InChI=1S/C10H20N4O5/c11-14-13-2-4-19-6-5-18-3-1-10(17)12-7-9(16)8-15/h9,15-16H,1-8H2,(H,12,17). The first-order chi connectivity index (χ1) is 9.20. The van der Waals surface area contributed by atoms with Crippen molar-refractivity contribution in [2.75, 3.05) is 46.1 Å². The number of aliphatic hydroxyl groups is 2. The predicted octanol–water partition coefficient (Wildman–Crippen LogP) is -0.811. The highest BCUT2D eigenvalue weighted by atomic mass is 16.5. The quantitative estimate of drug-likeness (QED) is 0.185. The fourth-order valence-corrected chi connectivity index (χ4v) is 1.02. The van der Waals surface area contributed by atoms with Gasteiger partial charge in [0.1, 0.15) is 0 Å². The molecule has 0 radical (unpaired) electrons. The van der Waals surface area contributed by atoms with Gasteiger partial charge in [-0.2, -0.15) is 0 Å². The molecule has 9 nitrogen and oxygen atoms in total. The molecule has 0 spiro atoms. The first kappa shape index (κ1) is 17.6. The van der Waals surface area contributed by atoms with Crippen LogP contribution in [0.1, 0.15) is 6.42 Å². The van der Waals surface area contributed by atoms with Gasteiger partial charge in [0.2, 0.25) is 5.91 Å². The molecule has 110 valence electrons. The largest absolute Gasteiger partial charge is 0.394 e. The third-order valence-corrected chi connectivity index (χ3v) is 1.99. The maximum atomic E-state index is 11.2. The highest BCUT2D eigenvalue weighted by Crippen LogP contribution is 1.86. The van der Waals surface area contributed by atoms with Gasteiger partial charge in [-0.25, -0.2) is 0 Å². The summed E-state index contributed by atoms with van der Waals surface area (Å²) in [5, 5.41) is 23.3. The Balaban J connectivity index is 3.25. The lowest BCUT2D eigenvalue weighted by molar-refractivity contribution is -0.122. The smallest absolute Gasteiger partial charge is 0.222 e. The number of azide groups is 1.